The van der Waals surface area contributed by atoms with E-state index in [1.807, 2.05) is 4.90 Å². The summed E-state index contributed by atoms with van der Waals surface area (Å²) in [7, 11) is -4.38. The molecule has 17 heteroatoms. The van der Waals surface area contributed by atoms with Gasteiger partial charge in [-0.1, -0.05) is 18.2 Å². The Labute approximate surface area is 258 Å². The third kappa shape index (κ3) is 6.63. The molecular formula is C27H36ClFN7O7P. The van der Waals surface area contributed by atoms with Crippen LogP contribution < -0.4 is 20.2 Å². The highest BCUT2D eigenvalue weighted by Crippen LogP contribution is 2.49. The molecule has 0 radical (unpaired) electrons. The van der Waals surface area contributed by atoms with E-state index in [1.165, 1.54) is 30.0 Å². The number of imidazole rings is 1. The van der Waals surface area contributed by atoms with E-state index in [4.69, 9.17) is 35.9 Å². The van der Waals surface area contributed by atoms with Gasteiger partial charge in [-0.25, -0.2) is 13.9 Å². The maximum absolute atomic E-state index is 15.9. The van der Waals surface area contributed by atoms with E-state index in [0.29, 0.717) is 11.3 Å². The molecule has 1 unspecified atom stereocenters. The molecule has 2 aliphatic rings. The van der Waals surface area contributed by atoms with Crippen LogP contribution in [0.4, 0.5) is 16.2 Å². The third-order valence-corrected chi connectivity index (χ3v) is 9.38. The summed E-state index contributed by atoms with van der Waals surface area (Å²) in [6.45, 7) is 5.62. The first kappa shape index (κ1) is 32.3. The second kappa shape index (κ2) is 13.1. The number of nitrogens with zero attached hydrogens (tertiary/aromatic N) is 5. The minimum atomic E-state index is -4.38. The Kier molecular flexibility index (Phi) is 9.64. The first-order valence-corrected chi connectivity index (χ1v) is 16.3. The van der Waals surface area contributed by atoms with E-state index in [-0.39, 0.29) is 17.3 Å². The molecule has 0 aliphatic carbocycles. The number of ether oxygens (including phenoxy) is 2. The zero-order chi connectivity index (χ0) is 31.6. The fourth-order valence-corrected chi connectivity index (χ4v) is 6.93. The molecule has 0 amide bonds. The SMILES string of the molecule is CC(C)OC(=O)[C@H](C)NP(=O)(OC[C@@]1(CCl)O[C@@H](n2cnc3c(N4CCCC4)nc(N)nc32)[C@@H](F)[C@@H]1O)Oc1ccccc1. The van der Waals surface area contributed by atoms with Crippen molar-refractivity contribution in [3.63, 3.8) is 0 Å². The number of rotatable bonds is 12. The van der Waals surface area contributed by atoms with Crippen molar-refractivity contribution >= 4 is 48.2 Å². The molecule has 2 aromatic heterocycles. The Hall–Kier alpha value is -3.07. The van der Waals surface area contributed by atoms with E-state index in [2.05, 4.69) is 20.0 Å². The van der Waals surface area contributed by atoms with Gasteiger partial charge in [0.15, 0.2) is 29.4 Å². The summed E-state index contributed by atoms with van der Waals surface area (Å²) in [5, 5.41) is 13.7. The number of nitrogen functional groups attached to an aromatic ring is 1. The summed E-state index contributed by atoms with van der Waals surface area (Å²) >= 11 is 6.27. The molecule has 14 nitrogen and oxygen atoms in total. The van der Waals surface area contributed by atoms with Gasteiger partial charge in [-0.3, -0.25) is 13.9 Å². The quantitative estimate of drug-likeness (QED) is 0.147. The molecule has 44 heavy (non-hydrogen) atoms. The minimum Gasteiger partial charge on any atom is -0.462 e. The number of carbonyl (C=O) groups excluding carboxylic acids is 1. The number of fused-ring (bicyclic) bond motifs is 1. The molecule has 4 N–H and O–H groups in total. The second-order valence-corrected chi connectivity index (χ2v) is 13.0. The van der Waals surface area contributed by atoms with Gasteiger partial charge in [0, 0.05) is 13.1 Å². The van der Waals surface area contributed by atoms with Crippen LogP contribution in [0.1, 0.15) is 39.8 Å². The van der Waals surface area contributed by atoms with Crippen molar-refractivity contribution in [2.75, 3.05) is 36.2 Å². The number of nitrogens with two attached hydrogens (primary N) is 1. The van der Waals surface area contributed by atoms with Gasteiger partial charge in [0.1, 0.15) is 23.5 Å². The number of esters is 1. The largest absolute Gasteiger partial charge is 0.462 e. The first-order valence-electron chi connectivity index (χ1n) is 14.2. The highest BCUT2D eigenvalue weighted by molar-refractivity contribution is 7.52. The average Bonchev–Trinajstić information content (AvgIpc) is 3.72. The molecule has 5 rings (SSSR count). The number of aromatic nitrogens is 4. The number of alkyl halides is 2. The Morgan fingerprint density at radius 1 is 1.27 bits per heavy atom. The van der Waals surface area contributed by atoms with Crippen LogP contribution in [-0.2, 0) is 23.4 Å². The fraction of sp³-hybridized carbons (Fsp3) is 0.556. The molecule has 2 aliphatic heterocycles. The topological polar surface area (TPSA) is 176 Å². The van der Waals surface area contributed by atoms with Crippen LogP contribution in [0.3, 0.4) is 0 Å². The van der Waals surface area contributed by atoms with Crippen LogP contribution in [0.5, 0.6) is 5.75 Å². The van der Waals surface area contributed by atoms with Crippen LogP contribution in [-0.4, -0.2) is 86.2 Å². The number of para-hydroxylation sites is 1. The highest BCUT2D eigenvalue weighted by atomic mass is 35.5. The molecule has 1 aromatic carbocycles. The van der Waals surface area contributed by atoms with E-state index < -0.39 is 62.5 Å². The lowest BCUT2D eigenvalue weighted by atomic mass is 9.99. The fourth-order valence-electron chi connectivity index (χ4n) is 5.08. The maximum atomic E-state index is 15.9. The van der Waals surface area contributed by atoms with Crippen LogP contribution in [0.15, 0.2) is 36.7 Å². The Morgan fingerprint density at radius 3 is 2.64 bits per heavy atom. The van der Waals surface area contributed by atoms with Gasteiger partial charge in [-0.05, 0) is 45.7 Å². The van der Waals surface area contributed by atoms with Gasteiger partial charge in [-0.15, -0.1) is 11.6 Å². The molecule has 240 valence electrons. The summed E-state index contributed by atoms with van der Waals surface area (Å²) in [5.74, 6) is -0.491. The Morgan fingerprint density at radius 2 is 1.98 bits per heavy atom. The van der Waals surface area contributed by atoms with Crippen LogP contribution in [0, 0.1) is 0 Å². The smallest absolute Gasteiger partial charge is 0.459 e. The Balaban J connectivity index is 1.41. The van der Waals surface area contributed by atoms with Crippen molar-refractivity contribution < 1.29 is 37.4 Å². The normalized spacial score (nSPS) is 25.8. The molecule has 2 saturated heterocycles. The number of aliphatic hydroxyl groups excluding tert-OH is 1. The van der Waals surface area contributed by atoms with Crippen molar-refractivity contribution in [2.45, 2.75) is 69.9 Å². The predicted octanol–water partition coefficient (Wildman–Crippen LogP) is 3.35. The minimum absolute atomic E-state index is 0.0303. The zero-order valence-electron chi connectivity index (χ0n) is 24.5. The number of carbonyl (C=O) groups is 1. The molecular weight excluding hydrogens is 620 g/mol. The lowest BCUT2D eigenvalue weighted by Crippen LogP contribution is -2.48. The second-order valence-electron chi connectivity index (χ2n) is 11.0. The van der Waals surface area contributed by atoms with Gasteiger partial charge in [0.2, 0.25) is 5.95 Å². The Bertz CT molecular complexity index is 1510. The molecule has 0 saturated carbocycles. The number of aliphatic hydroxyl groups is 1. The van der Waals surface area contributed by atoms with Crippen molar-refractivity contribution in [1.82, 2.24) is 24.6 Å². The van der Waals surface area contributed by atoms with Crippen LogP contribution in [0.2, 0.25) is 0 Å². The summed E-state index contributed by atoms with van der Waals surface area (Å²) in [4.78, 5) is 27.6. The standard InChI is InChI=1S/C27H36ClFN7O7P/c1-16(2)41-25(38)17(3)34-44(39,43-18-9-5-4-6-10-18)40-14-27(13-28)21(37)19(29)24(42-27)36-15-31-20-22(35-11-7-8-12-35)32-26(30)33-23(20)36/h4-6,9-10,15-17,19,21,24,37H,7-8,11-14H2,1-3H3,(H,34,39)(H2,30,32,33)/t17-,19-,21-,24+,27+,44?/m0/s1. The van der Waals surface area contributed by atoms with Crippen LogP contribution in [0.25, 0.3) is 11.2 Å². The van der Waals surface area contributed by atoms with Gasteiger partial charge >= 0.3 is 13.7 Å². The predicted molar refractivity (Wildman–Crippen MR) is 160 cm³/mol. The molecule has 2 fully saturated rings. The first-order chi connectivity index (χ1) is 20.9. The monoisotopic (exact) mass is 655 g/mol. The van der Waals surface area contributed by atoms with Crippen molar-refractivity contribution in [3.05, 3.63) is 36.7 Å². The van der Waals surface area contributed by atoms with Crippen molar-refractivity contribution in [1.29, 1.82) is 0 Å². The molecule has 4 heterocycles. The third-order valence-electron chi connectivity index (χ3n) is 7.30. The average molecular weight is 656 g/mol. The number of benzene rings is 1. The number of nitrogens with one attached hydrogen (secondary N) is 1. The highest BCUT2D eigenvalue weighted by Gasteiger charge is 2.57. The molecule has 0 spiro atoms. The summed E-state index contributed by atoms with van der Waals surface area (Å²) < 4.78 is 53.8. The van der Waals surface area contributed by atoms with Gasteiger partial charge in [0.05, 0.1) is 24.9 Å². The molecule has 6 atom stereocenters. The van der Waals surface area contributed by atoms with E-state index in [0.717, 1.165) is 25.9 Å². The van der Waals surface area contributed by atoms with Crippen molar-refractivity contribution in [2.24, 2.45) is 0 Å². The van der Waals surface area contributed by atoms with E-state index in [1.54, 1.807) is 32.0 Å². The van der Waals surface area contributed by atoms with Gasteiger partial charge in [0.25, 0.3) is 0 Å². The zero-order valence-corrected chi connectivity index (χ0v) is 26.2. The number of anilines is 2. The molecule has 3 aromatic rings. The summed E-state index contributed by atoms with van der Waals surface area (Å²) in [5.41, 5.74) is 4.73. The van der Waals surface area contributed by atoms with E-state index in [9.17, 15) is 14.5 Å². The van der Waals surface area contributed by atoms with Gasteiger partial charge < -0.3 is 29.7 Å². The maximum Gasteiger partial charge on any atom is 0.459 e. The number of hydrogen-bond donors (Lipinski definition) is 3. The summed E-state index contributed by atoms with van der Waals surface area (Å²) in [6.07, 6.45) is -2.41. The number of halogens is 2. The number of hydrogen-bond acceptors (Lipinski definition) is 12. The summed E-state index contributed by atoms with van der Waals surface area (Å²) in [6, 6.07) is 6.98. The lowest BCUT2D eigenvalue weighted by Gasteiger charge is -2.31. The van der Waals surface area contributed by atoms with Gasteiger partial charge in [-0.2, -0.15) is 15.1 Å². The molecule has 0 bridgehead atoms. The van der Waals surface area contributed by atoms with Crippen molar-refractivity contribution in [3.8, 4) is 5.75 Å². The van der Waals surface area contributed by atoms with E-state index >= 15 is 4.39 Å². The van der Waals surface area contributed by atoms with Crippen LogP contribution >= 0.6 is 19.3 Å². The lowest BCUT2D eigenvalue weighted by molar-refractivity contribution is -0.149.